The highest BCUT2D eigenvalue weighted by atomic mass is 16.5. The van der Waals surface area contributed by atoms with Crippen molar-refractivity contribution in [3.05, 3.63) is 48.0 Å². The van der Waals surface area contributed by atoms with Crippen LogP contribution in [0.1, 0.15) is 5.56 Å². The minimum absolute atomic E-state index is 0.0647. The zero-order chi connectivity index (χ0) is 20.8. The largest absolute Gasteiger partial charge is 0.497 e. The van der Waals surface area contributed by atoms with Gasteiger partial charge in [-0.1, -0.05) is 0 Å². The quantitative estimate of drug-likeness (QED) is 0.766. The fourth-order valence-corrected chi connectivity index (χ4v) is 3.09. The number of hydrogen-bond donors (Lipinski definition) is 1. The summed E-state index contributed by atoms with van der Waals surface area (Å²) in [4.78, 5) is 26.9. The van der Waals surface area contributed by atoms with E-state index in [0.29, 0.717) is 22.9 Å². The first-order chi connectivity index (χ1) is 14.0. The Kier molecular flexibility index (Phi) is 6.56. The third-order valence-electron chi connectivity index (χ3n) is 4.69. The highest BCUT2D eigenvalue weighted by Crippen LogP contribution is 2.27. The van der Waals surface area contributed by atoms with Gasteiger partial charge in [-0.2, -0.15) is 0 Å². The molecule has 0 aromatic heterocycles. The van der Waals surface area contributed by atoms with Gasteiger partial charge in [0.05, 0.1) is 34.5 Å². The topological polar surface area (TPSA) is 86.3 Å². The maximum atomic E-state index is 12.9. The van der Waals surface area contributed by atoms with Gasteiger partial charge in [-0.25, -0.2) is 0 Å². The molecule has 0 radical (unpaired) electrons. The third-order valence-corrected chi connectivity index (χ3v) is 4.69. The Bertz CT molecular complexity index is 868. The number of morpholine rings is 1. The second-order valence-corrected chi connectivity index (χ2v) is 6.45. The molecule has 0 unspecified atom stereocenters. The molecule has 2 aromatic carbocycles. The number of anilines is 1. The molecule has 3 rings (SSSR count). The number of nitrogens with zero attached hydrogens (tertiary/aromatic N) is 1. The fourth-order valence-electron chi connectivity index (χ4n) is 3.09. The zero-order valence-electron chi connectivity index (χ0n) is 16.6. The predicted octanol–water partition coefficient (Wildman–Crippen LogP) is 2.08. The number of rotatable bonds is 7. The summed E-state index contributed by atoms with van der Waals surface area (Å²) in [5.41, 5.74) is 1.38. The fraction of sp³-hybridized carbons (Fsp3) is 0.333. The number of carbonyl (C=O) groups excluding carboxylic acids is 2. The van der Waals surface area contributed by atoms with Crippen molar-refractivity contribution in [2.24, 2.45) is 0 Å². The van der Waals surface area contributed by atoms with E-state index in [9.17, 15) is 9.59 Å². The van der Waals surface area contributed by atoms with Crippen molar-refractivity contribution < 1.29 is 28.5 Å². The van der Waals surface area contributed by atoms with E-state index < -0.39 is 6.04 Å². The molecule has 1 aliphatic heterocycles. The van der Waals surface area contributed by atoms with Crippen LogP contribution in [0.2, 0.25) is 0 Å². The molecule has 154 valence electrons. The van der Waals surface area contributed by atoms with Crippen LogP contribution in [0.25, 0.3) is 0 Å². The van der Waals surface area contributed by atoms with Crippen LogP contribution in [-0.2, 0) is 20.9 Å². The smallest absolute Gasteiger partial charge is 0.249 e. The molecular weight excluding hydrogens is 376 g/mol. The van der Waals surface area contributed by atoms with E-state index in [4.69, 9.17) is 18.9 Å². The van der Waals surface area contributed by atoms with Gasteiger partial charge in [0.1, 0.15) is 29.9 Å². The molecule has 1 aliphatic rings. The van der Waals surface area contributed by atoms with Crippen molar-refractivity contribution in [1.82, 2.24) is 4.90 Å². The Morgan fingerprint density at radius 1 is 1.07 bits per heavy atom. The second kappa shape index (κ2) is 9.29. The molecule has 2 aromatic rings. The first-order valence-electron chi connectivity index (χ1n) is 9.08. The normalized spacial score (nSPS) is 16.3. The van der Waals surface area contributed by atoms with E-state index in [0.717, 1.165) is 5.56 Å². The number of carbonyl (C=O) groups is 2. The van der Waals surface area contributed by atoms with Crippen molar-refractivity contribution in [2.75, 3.05) is 39.9 Å². The third kappa shape index (κ3) is 4.78. The van der Waals surface area contributed by atoms with Gasteiger partial charge in [-0.15, -0.1) is 0 Å². The Labute approximate surface area is 169 Å². The molecule has 0 bridgehead atoms. The van der Waals surface area contributed by atoms with Crippen LogP contribution < -0.4 is 19.5 Å². The Hall–Kier alpha value is -3.26. The minimum Gasteiger partial charge on any atom is -0.497 e. The Morgan fingerprint density at radius 3 is 2.41 bits per heavy atom. The molecule has 0 aliphatic carbocycles. The summed E-state index contributed by atoms with van der Waals surface area (Å²) in [7, 11) is 4.69. The summed E-state index contributed by atoms with van der Waals surface area (Å²) >= 11 is 0. The molecule has 1 fully saturated rings. The van der Waals surface area contributed by atoms with Crippen LogP contribution >= 0.6 is 0 Å². The van der Waals surface area contributed by atoms with Crippen LogP contribution in [0.4, 0.5) is 5.69 Å². The van der Waals surface area contributed by atoms with E-state index in [1.165, 1.54) is 4.90 Å². The predicted molar refractivity (Wildman–Crippen MR) is 106 cm³/mol. The van der Waals surface area contributed by atoms with E-state index in [1.807, 2.05) is 6.07 Å². The number of ether oxygens (including phenoxy) is 4. The number of methoxy groups -OCH3 is 3. The molecule has 0 saturated carbocycles. The van der Waals surface area contributed by atoms with Crippen molar-refractivity contribution in [3.8, 4) is 17.2 Å². The van der Waals surface area contributed by atoms with Gasteiger partial charge < -0.3 is 29.2 Å². The molecule has 29 heavy (non-hydrogen) atoms. The first-order valence-corrected chi connectivity index (χ1v) is 9.08. The number of nitrogens with one attached hydrogen (secondary N) is 1. The van der Waals surface area contributed by atoms with Crippen molar-refractivity contribution in [1.29, 1.82) is 0 Å². The lowest BCUT2D eigenvalue weighted by atomic mass is 10.1. The van der Waals surface area contributed by atoms with Gasteiger partial charge in [0, 0.05) is 17.3 Å². The molecule has 1 saturated heterocycles. The summed E-state index contributed by atoms with van der Waals surface area (Å²) in [5.74, 6) is 1.33. The van der Waals surface area contributed by atoms with Gasteiger partial charge in [0.25, 0.3) is 0 Å². The number of hydrogen-bond acceptors (Lipinski definition) is 6. The molecule has 1 heterocycles. The van der Waals surface area contributed by atoms with Gasteiger partial charge >= 0.3 is 0 Å². The van der Waals surface area contributed by atoms with Crippen LogP contribution in [-0.4, -0.2) is 57.3 Å². The Balaban J connectivity index is 1.78. The van der Waals surface area contributed by atoms with Crippen LogP contribution in [0.3, 0.4) is 0 Å². The molecule has 1 N–H and O–H groups in total. The van der Waals surface area contributed by atoms with E-state index in [1.54, 1.807) is 57.7 Å². The van der Waals surface area contributed by atoms with Crippen molar-refractivity contribution in [2.45, 2.75) is 12.6 Å². The van der Waals surface area contributed by atoms with Gasteiger partial charge in [0.2, 0.25) is 11.8 Å². The lowest BCUT2D eigenvalue weighted by Crippen LogP contribution is -2.54. The first kappa shape index (κ1) is 20.5. The summed E-state index contributed by atoms with van der Waals surface area (Å²) < 4.78 is 21.1. The molecule has 0 spiro atoms. The maximum absolute atomic E-state index is 12.9. The van der Waals surface area contributed by atoms with Crippen LogP contribution in [0, 0.1) is 0 Å². The maximum Gasteiger partial charge on any atom is 0.249 e. The summed E-state index contributed by atoms with van der Waals surface area (Å²) in [6, 6.07) is 11.6. The lowest BCUT2D eigenvalue weighted by molar-refractivity contribution is -0.154. The minimum atomic E-state index is -0.759. The zero-order valence-corrected chi connectivity index (χ0v) is 16.6. The Morgan fingerprint density at radius 2 is 1.76 bits per heavy atom. The van der Waals surface area contributed by atoms with Gasteiger partial charge in [-0.05, 0) is 36.4 Å². The summed E-state index contributed by atoms with van der Waals surface area (Å²) in [5, 5.41) is 2.83. The van der Waals surface area contributed by atoms with Crippen LogP contribution in [0.5, 0.6) is 17.2 Å². The summed E-state index contributed by atoms with van der Waals surface area (Å²) in [6.07, 6.45) is 0. The van der Waals surface area contributed by atoms with Crippen LogP contribution in [0.15, 0.2) is 42.5 Å². The average molecular weight is 400 g/mol. The number of amides is 2. The van der Waals surface area contributed by atoms with Crippen molar-refractivity contribution >= 4 is 17.5 Å². The van der Waals surface area contributed by atoms with E-state index in [2.05, 4.69) is 5.32 Å². The van der Waals surface area contributed by atoms with E-state index >= 15 is 0 Å². The standard InChI is InChI=1S/C21H24N2O6/c1-26-16-8-5-15(6-9-16)22-21(25)18-12-29-13-20(24)23(18)11-14-4-7-17(27-2)10-19(14)28-3/h4-10,18H,11-13H2,1-3H3,(H,22,25)/t18-/m0/s1. The average Bonchev–Trinajstić information content (AvgIpc) is 2.75. The monoisotopic (exact) mass is 400 g/mol. The lowest BCUT2D eigenvalue weighted by Gasteiger charge is -2.34. The SMILES string of the molecule is COc1ccc(NC(=O)[C@@H]2COCC(=O)N2Cc2ccc(OC)cc2OC)cc1. The van der Waals surface area contributed by atoms with Crippen molar-refractivity contribution in [3.63, 3.8) is 0 Å². The van der Waals surface area contributed by atoms with Gasteiger partial charge in [0.15, 0.2) is 0 Å². The molecule has 8 nitrogen and oxygen atoms in total. The highest BCUT2D eigenvalue weighted by molar-refractivity contribution is 5.98. The highest BCUT2D eigenvalue weighted by Gasteiger charge is 2.34. The van der Waals surface area contributed by atoms with E-state index in [-0.39, 0.29) is 31.6 Å². The molecule has 1 atom stereocenters. The molecular formula is C21H24N2O6. The molecule has 2 amide bonds. The van der Waals surface area contributed by atoms with Gasteiger partial charge in [-0.3, -0.25) is 9.59 Å². The number of benzene rings is 2. The summed E-state index contributed by atoms with van der Waals surface area (Å²) in [6.45, 7) is 0.271. The molecule has 8 heteroatoms. The second-order valence-electron chi connectivity index (χ2n) is 6.45.